The monoisotopic (exact) mass is 404 g/mol. The third-order valence-electron chi connectivity index (χ3n) is 4.89. The van der Waals surface area contributed by atoms with Crippen molar-refractivity contribution < 1.29 is 23.0 Å². The van der Waals surface area contributed by atoms with Crippen molar-refractivity contribution >= 4 is 11.4 Å². The normalized spacial score (nSPS) is 13.8. The highest BCUT2D eigenvalue weighted by Crippen LogP contribution is 2.39. The molecule has 0 atom stereocenters. The van der Waals surface area contributed by atoms with E-state index in [1.165, 1.54) is 6.07 Å². The van der Waals surface area contributed by atoms with Crippen molar-refractivity contribution in [3.8, 4) is 5.75 Å². The first-order valence-electron chi connectivity index (χ1n) is 9.57. The molecule has 4 nitrogen and oxygen atoms in total. The van der Waals surface area contributed by atoms with Gasteiger partial charge in [-0.1, -0.05) is 18.2 Å². The van der Waals surface area contributed by atoms with Gasteiger partial charge in [0.15, 0.2) is 5.69 Å². The van der Waals surface area contributed by atoms with Crippen LogP contribution in [0.4, 0.5) is 24.5 Å². The fraction of sp³-hybridized carbons (Fsp3) is 0.409. The van der Waals surface area contributed by atoms with Gasteiger partial charge in [0.2, 0.25) is 0 Å². The van der Waals surface area contributed by atoms with Gasteiger partial charge in [-0.3, -0.25) is 0 Å². The Labute approximate surface area is 168 Å². The second kappa shape index (κ2) is 9.19. The summed E-state index contributed by atoms with van der Waals surface area (Å²) >= 11 is 0. The van der Waals surface area contributed by atoms with Gasteiger partial charge in [0.1, 0.15) is 5.75 Å². The van der Waals surface area contributed by atoms with Crippen molar-refractivity contribution in [1.82, 2.24) is 0 Å². The summed E-state index contributed by atoms with van der Waals surface area (Å²) in [5, 5.41) is 9.06. The molecule has 154 valence electrons. The topological polar surface area (TPSA) is 37.1 Å². The van der Waals surface area contributed by atoms with Crippen molar-refractivity contribution in [1.29, 1.82) is 0 Å². The maximum absolute atomic E-state index is 13.3. The number of hydrogen-bond donors (Lipinski definition) is 1. The van der Waals surface area contributed by atoms with Crippen molar-refractivity contribution in [2.75, 3.05) is 24.6 Å². The SMILES string of the molecule is [C-]#[N+]c1ccc(N(CCCOc2ccc(CO)cc2)CC2CC2)cc1C(F)(F)F. The van der Waals surface area contributed by atoms with Gasteiger partial charge in [0.25, 0.3) is 0 Å². The lowest BCUT2D eigenvalue weighted by atomic mass is 10.1. The average Bonchev–Trinajstić information content (AvgIpc) is 3.53. The van der Waals surface area contributed by atoms with Crippen molar-refractivity contribution in [2.45, 2.75) is 32.0 Å². The molecular formula is C22H23F3N2O2. The number of anilines is 1. The van der Waals surface area contributed by atoms with Crippen LogP contribution in [0.3, 0.4) is 0 Å². The molecule has 2 aromatic carbocycles. The molecule has 1 aliphatic rings. The van der Waals surface area contributed by atoms with Gasteiger partial charge in [-0.2, -0.15) is 13.2 Å². The fourth-order valence-corrected chi connectivity index (χ4v) is 3.12. The quantitative estimate of drug-likeness (QED) is 0.447. The van der Waals surface area contributed by atoms with Crippen LogP contribution in [0.1, 0.15) is 30.4 Å². The molecule has 0 heterocycles. The number of benzene rings is 2. The van der Waals surface area contributed by atoms with Crippen LogP contribution in [-0.2, 0) is 12.8 Å². The van der Waals surface area contributed by atoms with Crippen LogP contribution < -0.4 is 9.64 Å². The fourth-order valence-electron chi connectivity index (χ4n) is 3.12. The lowest BCUT2D eigenvalue weighted by Crippen LogP contribution is -2.28. The minimum Gasteiger partial charge on any atom is -0.494 e. The van der Waals surface area contributed by atoms with Gasteiger partial charge in [-0.15, -0.1) is 0 Å². The molecule has 0 amide bonds. The third kappa shape index (κ3) is 5.88. The Balaban J connectivity index is 1.64. The number of alkyl halides is 3. The highest BCUT2D eigenvalue weighted by molar-refractivity contribution is 5.62. The van der Waals surface area contributed by atoms with E-state index in [0.717, 1.165) is 24.5 Å². The average molecular weight is 404 g/mol. The number of hydrogen-bond acceptors (Lipinski definition) is 3. The van der Waals surface area contributed by atoms with Gasteiger partial charge in [0.05, 0.1) is 25.3 Å². The Morgan fingerprint density at radius 1 is 1.14 bits per heavy atom. The molecule has 0 aromatic heterocycles. The predicted octanol–water partition coefficient (Wildman–Crippen LogP) is 5.43. The molecule has 0 unspecified atom stereocenters. The molecule has 7 heteroatoms. The minimum absolute atomic E-state index is 0.0252. The third-order valence-corrected chi connectivity index (χ3v) is 4.89. The second-order valence-electron chi connectivity index (χ2n) is 7.20. The molecule has 0 bridgehead atoms. The van der Waals surface area contributed by atoms with Gasteiger partial charge >= 0.3 is 6.18 Å². The molecule has 1 N–H and O–H groups in total. The first-order chi connectivity index (χ1) is 13.9. The molecule has 0 spiro atoms. The molecule has 0 saturated heterocycles. The summed E-state index contributed by atoms with van der Waals surface area (Å²) in [5.74, 6) is 1.20. The molecule has 3 rings (SSSR count). The zero-order valence-corrected chi connectivity index (χ0v) is 16.0. The van der Waals surface area contributed by atoms with E-state index < -0.39 is 11.7 Å². The van der Waals surface area contributed by atoms with Crippen LogP contribution in [-0.4, -0.2) is 24.8 Å². The summed E-state index contributed by atoms with van der Waals surface area (Å²) in [6.07, 6.45) is -1.71. The van der Waals surface area contributed by atoms with E-state index in [1.54, 1.807) is 30.3 Å². The van der Waals surface area contributed by atoms with E-state index in [4.69, 9.17) is 16.4 Å². The summed E-state index contributed by atoms with van der Waals surface area (Å²) in [6.45, 7) is 8.68. The first-order valence-corrected chi connectivity index (χ1v) is 9.57. The Morgan fingerprint density at radius 3 is 2.45 bits per heavy atom. The zero-order valence-electron chi connectivity index (χ0n) is 16.0. The Hall–Kier alpha value is -2.72. The second-order valence-corrected chi connectivity index (χ2v) is 7.20. The standard InChI is InChI=1S/C22H23F3N2O2/c1-26-21-10-7-18(13-20(21)22(23,24)25)27(14-16-3-4-16)11-2-12-29-19-8-5-17(15-28)6-9-19/h5-10,13,16,28H,2-4,11-12,14-15H2. The van der Waals surface area contributed by atoms with Crippen molar-refractivity contribution in [3.63, 3.8) is 0 Å². The van der Waals surface area contributed by atoms with Crippen LogP contribution in [0.25, 0.3) is 4.85 Å². The summed E-state index contributed by atoms with van der Waals surface area (Å²) in [6, 6.07) is 11.1. The van der Waals surface area contributed by atoms with Crippen LogP contribution in [0, 0.1) is 12.5 Å². The van der Waals surface area contributed by atoms with E-state index in [1.807, 2.05) is 4.90 Å². The van der Waals surface area contributed by atoms with Gasteiger partial charge in [-0.25, -0.2) is 4.85 Å². The molecule has 2 aromatic rings. The highest BCUT2D eigenvalue weighted by atomic mass is 19.4. The zero-order chi connectivity index (χ0) is 20.9. The molecule has 1 saturated carbocycles. The summed E-state index contributed by atoms with van der Waals surface area (Å²) < 4.78 is 45.6. The smallest absolute Gasteiger partial charge is 0.407 e. The maximum atomic E-state index is 13.3. The number of ether oxygens (including phenoxy) is 1. The van der Waals surface area contributed by atoms with Crippen molar-refractivity contribution in [2.24, 2.45) is 5.92 Å². The van der Waals surface area contributed by atoms with E-state index in [2.05, 4.69) is 4.85 Å². The van der Waals surface area contributed by atoms with Gasteiger partial charge in [0, 0.05) is 18.8 Å². The maximum Gasteiger partial charge on any atom is 0.407 e. The van der Waals surface area contributed by atoms with Crippen LogP contribution >= 0.6 is 0 Å². The Morgan fingerprint density at radius 2 is 1.86 bits per heavy atom. The van der Waals surface area contributed by atoms with E-state index in [0.29, 0.717) is 43.5 Å². The largest absolute Gasteiger partial charge is 0.494 e. The summed E-state index contributed by atoms with van der Waals surface area (Å²) in [4.78, 5) is 4.97. The number of aliphatic hydroxyl groups is 1. The number of rotatable bonds is 9. The summed E-state index contributed by atoms with van der Waals surface area (Å²) in [7, 11) is 0. The summed E-state index contributed by atoms with van der Waals surface area (Å²) in [5.41, 5.74) is 0.0357. The van der Waals surface area contributed by atoms with Crippen LogP contribution in [0.5, 0.6) is 5.75 Å². The molecular weight excluding hydrogens is 381 g/mol. The molecule has 1 fully saturated rings. The Kier molecular flexibility index (Phi) is 6.65. The van der Waals surface area contributed by atoms with Gasteiger partial charge in [-0.05, 0) is 55.0 Å². The molecule has 0 radical (unpaired) electrons. The minimum atomic E-state index is -4.55. The number of halogens is 3. The number of nitrogens with zero attached hydrogens (tertiary/aromatic N) is 2. The van der Waals surface area contributed by atoms with Crippen LogP contribution in [0.15, 0.2) is 42.5 Å². The van der Waals surface area contributed by atoms with Gasteiger partial charge < -0.3 is 14.7 Å². The first kappa shape index (κ1) is 21.0. The lowest BCUT2D eigenvalue weighted by molar-refractivity contribution is -0.136. The Bertz CT molecular complexity index is 856. The van der Waals surface area contributed by atoms with Crippen LogP contribution in [0.2, 0.25) is 0 Å². The number of aliphatic hydroxyl groups excluding tert-OH is 1. The lowest BCUT2D eigenvalue weighted by Gasteiger charge is -2.26. The van der Waals surface area contributed by atoms with E-state index >= 15 is 0 Å². The van der Waals surface area contributed by atoms with E-state index in [9.17, 15) is 13.2 Å². The molecule has 0 aliphatic heterocycles. The van der Waals surface area contributed by atoms with Crippen molar-refractivity contribution in [3.05, 3.63) is 65.0 Å². The molecule has 1 aliphatic carbocycles. The van der Waals surface area contributed by atoms with E-state index in [-0.39, 0.29) is 12.3 Å². The predicted molar refractivity (Wildman–Crippen MR) is 105 cm³/mol. The molecule has 29 heavy (non-hydrogen) atoms. The highest BCUT2D eigenvalue weighted by Gasteiger charge is 2.34.